The van der Waals surface area contributed by atoms with Crippen molar-refractivity contribution in [1.82, 2.24) is 9.88 Å². The lowest BCUT2D eigenvalue weighted by Gasteiger charge is -2.24. The van der Waals surface area contributed by atoms with Crippen molar-refractivity contribution >= 4 is 29.0 Å². The molecule has 3 aromatic rings. The molecule has 0 amide bonds. The van der Waals surface area contributed by atoms with Gasteiger partial charge in [0.2, 0.25) is 6.79 Å². The smallest absolute Gasteiger partial charge is 0.259 e. The number of halogens is 1. The number of nitrogens with one attached hydrogen (secondary N) is 1. The van der Waals surface area contributed by atoms with Crippen LogP contribution < -0.4 is 29.8 Å². The molecule has 1 aliphatic heterocycles. The van der Waals surface area contributed by atoms with Gasteiger partial charge in [-0.1, -0.05) is 0 Å². The largest absolute Gasteiger partial charge is 0.493 e. The van der Waals surface area contributed by atoms with Crippen LogP contribution in [0.5, 0.6) is 23.0 Å². The second-order valence-corrected chi connectivity index (χ2v) is 9.34. The fraction of sp³-hybridized carbons (Fsp3) is 0.385. The summed E-state index contributed by atoms with van der Waals surface area (Å²) in [6.07, 6.45) is 0.614. The van der Waals surface area contributed by atoms with E-state index in [2.05, 4.69) is 5.32 Å². The first-order valence-electron chi connectivity index (χ1n) is 11.5. The van der Waals surface area contributed by atoms with Gasteiger partial charge in [0.1, 0.15) is 0 Å². The Kier molecular flexibility index (Phi) is 6.92. The zero-order chi connectivity index (χ0) is 24.9. The summed E-state index contributed by atoms with van der Waals surface area (Å²) in [5.41, 5.74) is 1.48. The molecule has 0 saturated carbocycles. The molecule has 0 spiro atoms. The van der Waals surface area contributed by atoms with E-state index in [9.17, 15) is 14.7 Å². The number of hydrogen-bond donors (Lipinski definition) is 2. The van der Waals surface area contributed by atoms with E-state index < -0.39 is 5.54 Å². The van der Waals surface area contributed by atoms with Crippen molar-refractivity contribution in [1.29, 1.82) is 0 Å². The molecule has 2 aromatic carbocycles. The minimum atomic E-state index is -0.430. The van der Waals surface area contributed by atoms with Gasteiger partial charge in [0.25, 0.3) is 5.56 Å². The Hall–Kier alpha value is -3.27. The summed E-state index contributed by atoms with van der Waals surface area (Å²) < 4.78 is 23.6. The third kappa shape index (κ3) is 4.07. The fourth-order valence-corrected chi connectivity index (χ4v) is 4.68. The second kappa shape index (κ2) is 9.65. The lowest BCUT2D eigenvalue weighted by atomic mass is 10.0. The Bertz CT molecular complexity index is 1410. The highest BCUT2D eigenvalue weighted by molar-refractivity contribution is 6.27. The van der Waals surface area contributed by atoms with Crippen molar-refractivity contribution in [3.63, 3.8) is 0 Å². The van der Waals surface area contributed by atoms with E-state index in [0.29, 0.717) is 75.7 Å². The molecular formula is C26H29ClN2O7. The summed E-state index contributed by atoms with van der Waals surface area (Å²) in [6.45, 7) is 4.86. The Morgan fingerprint density at radius 2 is 1.61 bits per heavy atom. The number of benzene rings is 2. The molecule has 0 atom stereocenters. The van der Waals surface area contributed by atoms with Crippen molar-refractivity contribution in [2.75, 3.05) is 34.2 Å². The minimum absolute atomic E-state index is 0. The third-order valence-electron chi connectivity index (χ3n) is 6.57. The molecule has 2 heterocycles. The van der Waals surface area contributed by atoms with E-state index in [0.717, 1.165) is 0 Å². The average molecular weight is 517 g/mol. The molecule has 0 saturated heterocycles. The van der Waals surface area contributed by atoms with Gasteiger partial charge in [0.05, 0.1) is 37.5 Å². The van der Waals surface area contributed by atoms with E-state index in [1.165, 1.54) is 14.2 Å². The van der Waals surface area contributed by atoms with Gasteiger partial charge in [-0.05, 0) is 51.1 Å². The first-order chi connectivity index (χ1) is 16.8. The van der Waals surface area contributed by atoms with Crippen LogP contribution in [-0.2, 0) is 6.54 Å². The maximum atomic E-state index is 13.8. The molecule has 9 nitrogen and oxygen atoms in total. The Balaban J connectivity index is 0.00000304. The van der Waals surface area contributed by atoms with E-state index in [1.54, 1.807) is 28.8 Å². The van der Waals surface area contributed by atoms with Crippen molar-refractivity contribution in [3.8, 4) is 34.3 Å². The molecule has 192 valence electrons. The van der Waals surface area contributed by atoms with Gasteiger partial charge < -0.3 is 33.9 Å². The predicted octanol–water partition coefficient (Wildman–Crippen LogP) is 3.13. The van der Waals surface area contributed by atoms with Crippen molar-refractivity contribution in [2.24, 2.45) is 0 Å². The SMILES string of the molecule is COc1cc2c3c(n(CCCNC(C)(C)CO)c(=O)c2cc1OC)-c1cc2c(cc1C3=O)OCO2.Cl. The Labute approximate surface area is 214 Å². The monoisotopic (exact) mass is 516 g/mol. The van der Waals surface area contributed by atoms with E-state index in [1.807, 2.05) is 13.8 Å². The molecule has 0 radical (unpaired) electrons. The number of aliphatic hydroxyl groups excluding tert-OH is 1. The first-order valence-corrected chi connectivity index (χ1v) is 11.5. The summed E-state index contributed by atoms with van der Waals surface area (Å²) in [4.78, 5) is 27.5. The maximum Gasteiger partial charge on any atom is 0.259 e. The topological polar surface area (TPSA) is 108 Å². The number of carbonyl (C=O) groups is 1. The van der Waals surface area contributed by atoms with Crippen molar-refractivity contribution in [3.05, 3.63) is 45.7 Å². The van der Waals surface area contributed by atoms with Crippen molar-refractivity contribution in [2.45, 2.75) is 32.4 Å². The molecule has 36 heavy (non-hydrogen) atoms. The number of hydrogen-bond acceptors (Lipinski definition) is 8. The van der Waals surface area contributed by atoms with Gasteiger partial charge in [0, 0.05) is 28.6 Å². The molecule has 10 heteroatoms. The van der Waals surface area contributed by atoms with Crippen LogP contribution in [-0.4, -0.2) is 55.2 Å². The number of aromatic nitrogens is 1. The molecule has 2 N–H and O–H groups in total. The molecular weight excluding hydrogens is 488 g/mol. The fourth-order valence-electron chi connectivity index (χ4n) is 4.68. The molecule has 0 unspecified atom stereocenters. The van der Waals surface area contributed by atoms with Crippen LogP contribution in [0.2, 0.25) is 0 Å². The van der Waals surface area contributed by atoms with Gasteiger partial charge in [-0.15, -0.1) is 12.4 Å². The summed E-state index contributed by atoms with van der Waals surface area (Å²) in [7, 11) is 3.02. The summed E-state index contributed by atoms with van der Waals surface area (Å²) in [5, 5.41) is 13.7. The minimum Gasteiger partial charge on any atom is -0.493 e. The quantitative estimate of drug-likeness (QED) is 0.344. The summed E-state index contributed by atoms with van der Waals surface area (Å²) in [6, 6.07) is 6.78. The summed E-state index contributed by atoms with van der Waals surface area (Å²) >= 11 is 0. The number of ether oxygens (including phenoxy) is 4. The number of nitrogens with zero attached hydrogens (tertiary/aromatic N) is 1. The standard InChI is InChI=1S/C26H28N2O7.ClH/c1-26(2,12-29)27-6-5-7-28-23-15-9-20-21(35-13-34-20)10-16(15)24(30)22(23)14-8-18(32-3)19(33-4)11-17(14)25(28)31;/h8-11,27,29H,5-7,12-13H2,1-4H3;1H. The van der Waals surface area contributed by atoms with Crippen LogP contribution in [0.3, 0.4) is 0 Å². The summed E-state index contributed by atoms with van der Waals surface area (Å²) in [5.74, 6) is 1.73. The van der Waals surface area contributed by atoms with E-state index in [-0.39, 0.29) is 37.1 Å². The number of ketones is 1. The first kappa shape index (κ1) is 25.8. The van der Waals surface area contributed by atoms with E-state index >= 15 is 0 Å². The molecule has 0 fully saturated rings. The van der Waals surface area contributed by atoms with Crippen LogP contribution in [0.1, 0.15) is 36.2 Å². The molecule has 2 aliphatic rings. The average Bonchev–Trinajstić information content (AvgIpc) is 3.43. The van der Waals surface area contributed by atoms with Crippen LogP contribution in [0.4, 0.5) is 0 Å². The lowest BCUT2D eigenvalue weighted by Crippen LogP contribution is -2.43. The van der Waals surface area contributed by atoms with Gasteiger partial charge in [-0.2, -0.15) is 0 Å². The highest BCUT2D eigenvalue weighted by Gasteiger charge is 2.35. The van der Waals surface area contributed by atoms with Gasteiger partial charge in [-0.25, -0.2) is 0 Å². The Morgan fingerprint density at radius 3 is 2.22 bits per heavy atom. The number of aliphatic hydroxyl groups is 1. The van der Waals surface area contributed by atoms with Crippen LogP contribution in [0.25, 0.3) is 22.0 Å². The number of carbonyl (C=O) groups excluding carboxylic acids is 1. The van der Waals surface area contributed by atoms with Crippen molar-refractivity contribution < 1.29 is 28.8 Å². The van der Waals surface area contributed by atoms with Gasteiger partial charge in [-0.3, -0.25) is 9.59 Å². The molecule has 1 aliphatic carbocycles. The zero-order valence-corrected chi connectivity index (χ0v) is 21.4. The number of pyridine rings is 1. The van der Waals surface area contributed by atoms with Crippen LogP contribution in [0.15, 0.2) is 29.1 Å². The molecule has 0 bridgehead atoms. The second-order valence-electron chi connectivity index (χ2n) is 9.34. The van der Waals surface area contributed by atoms with Gasteiger partial charge >= 0.3 is 0 Å². The van der Waals surface area contributed by atoms with Crippen LogP contribution in [0, 0.1) is 0 Å². The lowest BCUT2D eigenvalue weighted by molar-refractivity contribution is 0.104. The number of fused-ring (bicyclic) bond motifs is 6. The zero-order valence-electron chi connectivity index (χ0n) is 20.6. The third-order valence-corrected chi connectivity index (χ3v) is 6.57. The predicted molar refractivity (Wildman–Crippen MR) is 137 cm³/mol. The number of methoxy groups -OCH3 is 2. The van der Waals surface area contributed by atoms with Crippen LogP contribution >= 0.6 is 12.4 Å². The molecule has 1 aromatic heterocycles. The van der Waals surface area contributed by atoms with Gasteiger partial charge in [0.15, 0.2) is 28.8 Å². The highest BCUT2D eigenvalue weighted by atomic mass is 35.5. The Morgan fingerprint density at radius 1 is 1.00 bits per heavy atom. The number of rotatable bonds is 8. The normalized spacial score (nSPS) is 13.4. The van der Waals surface area contributed by atoms with E-state index in [4.69, 9.17) is 18.9 Å². The highest BCUT2D eigenvalue weighted by Crippen LogP contribution is 2.46. The molecule has 5 rings (SSSR count). The maximum absolute atomic E-state index is 13.8.